The second-order valence-electron chi connectivity index (χ2n) is 4.23. The number of ketones is 1. The molecule has 0 atom stereocenters. The van der Waals surface area contributed by atoms with Gasteiger partial charge in [0.1, 0.15) is 11.4 Å². The standard InChI is InChI=1S/C12H6BrF6NO2/c1-22-7-2-4-6(3-5(7)13)20-9(11(14,15)16)8(4)10(21)12(17,18)19/h2-3,20H,1H3. The molecule has 0 aliphatic rings. The van der Waals surface area contributed by atoms with E-state index < -0.39 is 34.8 Å². The van der Waals surface area contributed by atoms with Crippen molar-refractivity contribution in [2.24, 2.45) is 0 Å². The lowest BCUT2D eigenvalue weighted by Gasteiger charge is -2.09. The van der Waals surface area contributed by atoms with Gasteiger partial charge in [-0.05, 0) is 28.1 Å². The van der Waals surface area contributed by atoms with Gasteiger partial charge in [-0.15, -0.1) is 0 Å². The van der Waals surface area contributed by atoms with Crippen LogP contribution in [0, 0.1) is 0 Å². The predicted molar refractivity (Wildman–Crippen MR) is 67.9 cm³/mol. The van der Waals surface area contributed by atoms with E-state index in [1.165, 1.54) is 7.11 Å². The van der Waals surface area contributed by atoms with Crippen molar-refractivity contribution in [2.75, 3.05) is 7.11 Å². The molecule has 10 heteroatoms. The molecule has 22 heavy (non-hydrogen) atoms. The summed E-state index contributed by atoms with van der Waals surface area (Å²) in [4.78, 5) is 13.2. The van der Waals surface area contributed by atoms with E-state index in [9.17, 15) is 31.1 Å². The van der Waals surface area contributed by atoms with Crippen LogP contribution in [0.3, 0.4) is 0 Å². The lowest BCUT2D eigenvalue weighted by molar-refractivity contribution is -0.141. The van der Waals surface area contributed by atoms with Crippen LogP contribution in [0.15, 0.2) is 16.6 Å². The number of hydrogen-bond acceptors (Lipinski definition) is 2. The number of halogens is 7. The van der Waals surface area contributed by atoms with Gasteiger partial charge in [0.15, 0.2) is 0 Å². The van der Waals surface area contributed by atoms with Crippen LogP contribution in [-0.2, 0) is 6.18 Å². The minimum absolute atomic E-state index is 0.00329. The average Bonchev–Trinajstić information content (AvgIpc) is 2.73. The number of aromatic amines is 1. The maximum Gasteiger partial charge on any atom is 0.454 e. The molecule has 1 aromatic heterocycles. The summed E-state index contributed by atoms with van der Waals surface area (Å²) in [5.41, 5.74) is -3.49. The molecule has 0 fully saturated rings. The van der Waals surface area contributed by atoms with Crippen molar-refractivity contribution in [1.82, 2.24) is 4.98 Å². The Morgan fingerprint density at radius 1 is 1.18 bits per heavy atom. The number of nitrogens with one attached hydrogen (secondary N) is 1. The molecule has 0 unspecified atom stereocenters. The molecule has 1 heterocycles. The zero-order valence-electron chi connectivity index (χ0n) is 10.6. The first-order chi connectivity index (χ1) is 9.96. The lowest BCUT2D eigenvalue weighted by atomic mass is 10.1. The molecule has 0 aliphatic carbocycles. The Kier molecular flexibility index (Phi) is 3.92. The van der Waals surface area contributed by atoms with E-state index in [0.717, 1.165) is 12.1 Å². The summed E-state index contributed by atoms with van der Waals surface area (Å²) < 4.78 is 81.6. The first-order valence-corrected chi connectivity index (χ1v) is 6.34. The van der Waals surface area contributed by atoms with Gasteiger partial charge >= 0.3 is 12.4 Å². The summed E-state index contributed by atoms with van der Waals surface area (Å²) in [6.07, 6.45) is -10.6. The van der Waals surface area contributed by atoms with Crippen LogP contribution in [0.25, 0.3) is 10.9 Å². The molecular weight excluding hydrogens is 384 g/mol. The normalized spacial score (nSPS) is 12.7. The highest BCUT2D eigenvalue weighted by Crippen LogP contribution is 2.41. The Morgan fingerprint density at radius 3 is 2.23 bits per heavy atom. The number of rotatable bonds is 2. The molecule has 2 rings (SSSR count). The first kappa shape index (κ1) is 16.7. The molecule has 120 valence electrons. The van der Waals surface area contributed by atoms with Gasteiger partial charge in [-0.2, -0.15) is 26.3 Å². The largest absolute Gasteiger partial charge is 0.496 e. The fourth-order valence-electron chi connectivity index (χ4n) is 1.94. The van der Waals surface area contributed by atoms with Gasteiger partial charge in [-0.1, -0.05) is 0 Å². The van der Waals surface area contributed by atoms with Crippen molar-refractivity contribution in [3.63, 3.8) is 0 Å². The molecule has 1 N–H and O–H groups in total. The lowest BCUT2D eigenvalue weighted by Crippen LogP contribution is -2.25. The summed E-state index contributed by atoms with van der Waals surface area (Å²) in [6.45, 7) is 0. The highest BCUT2D eigenvalue weighted by Gasteiger charge is 2.47. The van der Waals surface area contributed by atoms with Crippen LogP contribution in [0.1, 0.15) is 16.1 Å². The minimum Gasteiger partial charge on any atom is -0.496 e. The third-order valence-corrected chi connectivity index (χ3v) is 3.46. The van der Waals surface area contributed by atoms with E-state index in [1.807, 2.05) is 4.98 Å². The molecular formula is C12H6BrF6NO2. The second kappa shape index (κ2) is 5.18. The number of benzene rings is 1. The molecule has 0 radical (unpaired) electrons. The van der Waals surface area contributed by atoms with E-state index >= 15 is 0 Å². The van der Waals surface area contributed by atoms with Crippen LogP contribution in [0.5, 0.6) is 5.75 Å². The summed E-state index contributed by atoms with van der Waals surface area (Å²) >= 11 is 3.00. The van der Waals surface area contributed by atoms with Gasteiger partial charge in [0, 0.05) is 10.9 Å². The van der Waals surface area contributed by atoms with Crippen molar-refractivity contribution in [2.45, 2.75) is 12.4 Å². The van der Waals surface area contributed by atoms with Gasteiger partial charge in [-0.25, -0.2) is 0 Å². The minimum atomic E-state index is -5.44. The number of Topliss-reactive ketones (excluding diaryl/α,β-unsaturated/α-hetero) is 1. The van der Waals surface area contributed by atoms with Crippen LogP contribution in [0.4, 0.5) is 26.3 Å². The topological polar surface area (TPSA) is 42.1 Å². The van der Waals surface area contributed by atoms with Crippen molar-refractivity contribution in [1.29, 1.82) is 0 Å². The van der Waals surface area contributed by atoms with Crippen molar-refractivity contribution >= 4 is 32.6 Å². The third kappa shape index (κ3) is 2.79. The maximum atomic E-state index is 12.9. The summed E-state index contributed by atoms with van der Waals surface area (Å²) in [7, 11) is 1.19. The van der Waals surface area contributed by atoms with E-state index in [4.69, 9.17) is 4.74 Å². The number of carbonyl (C=O) groups is 1. The fraction of sp³-hybridized carbons (Fsp3) is 0.250. The van der Waals surface area contributed by atoms with E-state index in [2.05, 4.69) is 15.9 Å². The number of ether oxygens (including phenoxy) is 1. The van der Waals surface area contributed by atoms with Crippen molar-refractivity contribution < 1.29 is 35.9 Å². The average molecular weight is 390 g/mol. The molecule has 0 aliphatic heterocycles. The van der Waals surface area contributed by atoms with Gasteiger partial charge in [0.05, 0.1) is 17.1 Å². The number of H-pyrrole nitrogens is 1. The predicted octanol–water partition coefficient (Wildman–Crippen LogP) is 4.70. The van der Waals surface area contributed by atoms with Gasteiger partial charge in [0.25, 0.3) is 5.78 Å². The highest BCUT2D eigenvalue weighted by atomic mass is 79.9. The van der Waals surface area contributed by atoms with Gasteiger partial charge < -0.3 is 9.72 Å². The number of alkyl halides is 6. The first-order valence-electron chi connectivity index (χ1n) is 5.54. The maximum absolute atomic E-state index is 12.9. The fourth-order valence-corrected chi connectivity index (χ4v) is 2.45. The van der Waals surface area contributed by atoms with Crippen LogP contribution in [-0.4, -0.2) is 24.1 Å². The van der Waals surface area contributed by atoms with Crippen LogP contribution in [0.2, 0.25) is 0 Å². The van der Waals surface area contributed by atoms with Crippen LogP contribution < -0.4 is 4.74 Å². The van der Waals surface area contributed by atoms with E-state index in [1.54, 1.807) is 0 Å². The van der Waals surface area contributed by atoms with Crippen molar-refractivity contribution in [3.8, 4) is 5.75 Å². The number of hydrogen-bond donors (Lipinski definition) is 1. The second-order valence-corrected chi connectivity index (χ2v) is 5.09. The van der Waals surface area contributed by atoms with Gasteiger partial charge in [0.2, 0.25) is 0 Å². The summed E-state index contributed by atoms with van der Waals surface area (Å²) in [5.74, 6) is -2.58. The smallest absolute Gasteiger partial charge is 0.454 e. The van der Waals surface area contributed by atoms with E-state index in [-0.39, 0.29) is 15.7 Å². The number of carbonyl (C=O) groups excluding carboxylic acids is 1. The molecule has 0 amide bonds. The monoisotopic (exact) mass is 389 g/mol. The molecule has 0 saturated heterocycles. The quantitative estimate of drug-likeness (QED) is 0.597. The summed E-state index contributed by atoms with van der Waals surface area (Å²) in [5, 5.41) is -0.519. The highest BCUT2D eigenvalue weighted by molar-refractivity contribution is 9.10. The molecule has 1 aromatic carbocycles. The number of fused-ring (bicyclic) bond motifs is 1. The molecule has 0 saturated carbocycles. The number of methoxy groups -OCH3 is 1. The molecule has 3 nitrogen and oxygen atoms in total. The zero-order chi connectivity index (χ0) is 16.9. The van der Waals surface area contributed by atoms with Gasteiger partial charge in [-0.3, -0.25) is 4.79 Å². The van der Waals surface area contributed by atoms with Crippen molar-refractivity contribution in [3.05, 3.63) is 27.9 Å². The Morgan fingerprint density at radius 2 is 1.77 bits per heavy atom. The third-order valence-electron chi connectivity index (χ3n) is 2.84. The molecule has 0 spiro atoms. The Labute approximate surface area is 127 Å². The Balaban J connectivity index is 2.87. The zero-order valence-corrected chi connectivity index (χ0v) is 12.2. The SMILES string of the molecule is COc1cc2c(C(=O)C(F)(F)F)c(C(F)(F)F)[nH]c2cc1Br. The Hall–Kier alpha value is -1.71. The Bertz CT molecular complexity index is 747. The molecule has 2 aromatic rings. The summed E-state index contributed by atoms with van der Waals surface area (Å²) in [6, 6.07) is 2.04. The van der Waals surface area contributed by atoms with E-state index in [0.29, 0.717) is 0 Å². The molecule has 0 bridgehead atoms. The van der Waals surface area contributed by atoms with Crippen LogP contribution >= 0.6 is 15.9 Å². The number of aromatic nitrogens is 1.